The molecule has 0 aromatic carbocycles. The van der Waals surface area contributed by atoms with Crippen LogP contribution in [0.3, 0.4) is 0 Å². The summed E-state index contributed by atoms with van der Waals surface area (Å²) >= 11 is 0. The summed E-state index contributed by atoms with van der Waals surface area (Å²) in [6.45, 7) is 0.710. The number of amides is 2. The van der Waals surface area contributed by atoms with Crippen LogP contribution in [-0.2, 0) is 14.3 Å². The van der Waals surface area contributed by atoms with Crippen molar-refractivity contribution in [2.75, 3.05) is 13.2 Å². The van der Waals surface area contributed by atoms with Crippen LogP contribution >= 0.6 is 0 Å². The second kappa shape index (κ2) is 7.48. The first-order valence-corrected chi connectivity index (χ1v) is 7.44. The van der Waals surface area contributed by atoms with E-state index in [9.17, 15) is 9.59 Å². The van der Waals surface area contributed by atoms with E-state index < -0.39 is 0 Å². The molecular formula is C14H24N2O3. The first-order chi connectivity index (χ1) is 9.25. The van der Waals surface area contributed by atoms with E-state index in [0.29, 0.717) is 6.61 Å². The molecule has 1 aliphatic carbocycles. The molecule has 1 aliphatic heterocycles. The first-order valence-electron chi connectivity index (χ1n) is 7.44. The number of ether oxygens (including phenoxy) is 1. The van der Waals surface area contributed by atoms with E-state index in [4.69, 9.17) is 4.74 Å². The molecular weight excluding hydrogens is 244 g/mol. The maximum atomic E-state index is 11.8. The van der Waals surface area contributed by atoms with Gasteiger partial charge in [0, 0.05) is 12.6 Å². The Morgan fingerprint density at radius 1 is 1.00 bits per heavy atom. The lowest BCUT2D eigenvalue weighted by atomic mass is 10.1. The van der Waals surface area contributed by atoms with Crippen molar-refractivity contribution < 1.29 is 14.3 Å². The van der Waals surface area contributed by atoms with E-state index in [0.717, 1.165) is 25.7 Å². The minimum atomic E-state index is -0.356. The van der Waals surface area contributed by atoms with Crippen LogP contribution in [0.5, 0.6) is 0 Å². The summed E-state index contributed by atoms with van der Waals surface area (Å²) in [5, 5.41) is 5.66. The number of carbonyl (C=O) groups is 2. The summed E-state index contributed by atoms with van der Waals surface area (Å²) < 4.78 is 5.27. The summed E-state index contributed by atoms with van der Waals surface area (Å²) in [6.07, 6.45) is 8.36. The molecule has 2 rings (SSSR count). The zero-order chi connectivity index (χ0) is 13.5. The zero-order valence-electron chi connectivity index (χ0n) is 11.5. The Morgan fingerprint density at radius 3 is 2.37 bits per heavy atom. The van der Waals surface area contributed by atoms with Crippen LogP contribution in [0.1, 0.15) is 51.4 Å². The summed E-state index contributed by atoms with van der Waals surface area (Å²) in [5.41, 5.74) is 0. The van der Waals surface area contributed by atoms with E-state index in [2.05, 4.69) is 10.6 Å². The maximum absolute atomic E-state index is 11.8. The molecule has 0 spiro atoms. The molecule has 2 fully saturated rings. The Balaban J connectivity index is 1.64. The molecule has 0 aromatic heterocycles. The van der Waals surface area contributed by atoms with Gasteiger partial charge in [-0.2, -0.15) is 0 Å². The highest BCUT2D eigenvalue weighted by Gasteiger charge is 2.24. The standard InChI is InChI=1S/C14H24N2O3/c17-13(16-11-6-3-1-2-4-7-11)10-15-14(18)12-8-5-9-19-12/h11-12H,1-10H2,(H,15,18)(H,16,17). The average molecular weight is 268 g/mol. The maximum Gasteiger partial charge on any atom is 0.249 e. The van der Waals surface area contributed by atoms with Crippen molar-refractivity contribution in [1.29, 1.82) is 0 Å². The SMILES string of the molecule is O=C(CNC(=O)C1CCCO1)NC1CCCCCC1. The van der Waals surface area contributed by atoms with Crippen LogP contribution in [0.2, 0.25) is 0 Å². The van der Waals surface area contributed by atoms with Crippen LogP contribution in [0.25, 0.3) is 0 Å². The zero-order valence-corrected chi connectivity index (χ0v) is 11.5. The summed E-state index contributed by atoms with van der Waals surface area (Å²) in [6, 6.07) is 0.287. The van der Waals surface area contributed by atoms with Gasteiger partial charge in [-0.1, -0.05) is 25.7 Å². The highest BCUT2D eigenvalue weighted by Crippen LogP contribution is 2.17. The molecule has 19 heavy (non-hydrogen) atoms. The highest BCUT2D eigenvalue weighted by molar-refractivity contribution is 5.87. The lowest BCUT2D eigenvalue weighted by Crippen LogP contribution is -2.44. The second-order valence-corrected chi connectivity index (χ2v) is 5.48. The molecule has 1 saturated carbocycles. The molecule has 1 heterocycles. The molecule has 0 radical (unpaired) electrons. The van der Waals surface area contributed by atoms with Gasteiger partial charge in [0.2, 0.25) is 11.8 Å². The third-order valence-electron chi connectivity index (χ3n) is 3.87. The highest BCUT2D eigenvalue weighted by atomic mass is 16.5. The van der Waals surface area contributed by atoms with Crippen LogP contribution in [0.15, 0.2) is 0 Å². The van der Waals surface area contributed by atoms with Crippen molar-refractivity contribution in [2.45, 2.75) is 63.5 Å². The van der Waals surface area contributed by atoms with E-state index in [-0.39, 0.29) is 30.5 Å². The molecule has 0 bridgehead atoms. The summed E-state index contributed by atoms with van der Waals surface area (Å²) in [4.78, 5) is 23.5. The number of nitrogens with one attached hydrogen (secondary N) is 2. The van der Waals surface area contributed by atoms with Crippen molar-refractivity contribution in [3.63, 3.8) is 0 Å². The molecule has 0 aromatic rings. The van der Waals surface area contributed by atoms with Gasteiger partial charge in [0.25, 0.3) is 0 Å². The van der Waals surface area contributed by atoms with Crippen molar-refractivity contribution in [2.24, 2.45) is 0 Å². The average Bonchev–Trinajstić information content (AvgIpc) is 2.82. The molecule has 2 aliphatic rings. The van der Waals surface area contributed by atoms with Gasteiger partial charge < -0.3 is 15.4 Å². The molecule has 5 nitrogen and oxygen atoms in total. The van der Waals surface area contributed by atoms with Gasteiger partial charge in [-0.25, -0.2) is 0 Å². The predicted octanol–water partition coefficient (Wildman–Crippen LogP) is 1.12. The second-order valence-electron chi connectivity index (χ2n) is 5.48. The molecule has 108 valence electrons. The van der Waals surface area contributed by atoms with Crippen molar-refractivity contribution >= 4 is 11.8 Å². The number of carbonyl (C=O) groups excluding carboxylic acids is 2. The van der Waals surface area contributed by atoms with Crippen LogP contribution in [0.4, 0.5) is 0 Å². The Hall–Kier alpha value is -1.10. The fourth-order valence-electron chi connectivity index (χ4n) is 2.77. The summed E-state index contributed by atoms with van der Waals surface area (Å²) in [5.74, 6) is -0.244. The largest absolute Gasteiger partial charge is 0.368 e. The van der Waals surface area contributed by atoms with E-state index in [1.807, 2.05) is 0 Å². The minimum Gasteiger partial charge on any atom is -0.368 e. The van der Waals surface area contributed by atoms with Crippen LogP contribution in [0, 0.1) is 0 Å². The Labute approximate surface area is 114 Å². The third kappa shape index (κ3) is 4.82. The molecule has 5 heteroatoms. The van der Waals surface area contributed by atoms with Crippen molar-refractivity contribution in [3.05, 3.63) is 0 Å². The van der Waals surface area contributed by atoms with Gasteiger partial charge in [-0.05, 0) is 25.7 Å². The quantitative estimate of drug-likeness (QED) is 0.751. The predicted molar refractivity (Wildman–Crippen MR) is 71.6 cm³/mol. The van der Waals surface area contributed by atoms with E-state index >= 15 is 0 Å². The lowest BCUT2D eigenvalue weighted by Gasteiger charge is -2.17. The van der Waals surface area contributed by atoms with Crippen molar-refractivity contribution in [3.8, 4) is 0 Å². The smallest absolute Gasteiger partial charge is 0.249 e. The normalized spacial score (nSPS) is 24.7. The van der Waals surface area contributed by atoms with Gasteiger partial charge in [0.1, 0.15) is 6.10 Å². The Kier molecular flexibility index (Phi) is 5.63. The molecule has 2 amide bonds. The van der Waals surface area contributed by atoms with Gasteiger partial charge in [-0.15, -0.1) is 0 Å². The third-order valence-corrected chi connectivity index (χ3v) is 3.87. The van der Waals surface area contributed by atoms with Gasteiger partial charge in [0.15, 0.2) is 0 Å². The fraction of sp³-hybridized carbons (Fsp3) is 0.857. The van der Waals surface area contributed by atoms with Gasteiger partial charge in [0.05, 0.1) is 6.54 Å². The number of hydrogen-bond acceptors (Lipinski definition) is 3. The minimum absolute atomic E-state index is 0.0647. The van der Waals surface area contributed by atoms with Gasteiger partial charge >= 0.3 is 0 Å². The molecule has 1 saturated heterocycles. The van der Waals surface area contributed by atoms with Crippen LogP contribution in [-0.4, -0.2) is 37.1 Å². The number of hydrogen-bond donors (Lipinski definition) is 2. The fourth-order valence-corrected chi connectivity index (χ4v) is 2.77. The molecule has 2 N–H and O–H groups in total. The topological polar surface area (TPSA) is 67.4 Å². The Bertz CT molecular complexity index is 306. The van der Waals surface area contributed by atoms with E-state index in [1.54, 1.807) is 0 Å². The molecule has 1 atom stereocenters. The van der Waals surface area contributed by atoms with E-state index in [1.165, 1.54) is 25.7 Å². The Morgan fingerprint density at radius 2 is 1.74 bits per heavy atom. The summed E-state index contributed by atoms with van der Waals surface area (Å²) in [7, 11) is 0. The first kappa shape index (κ1) is 14.3. The lowest BCUT2D eigenvalue weighted by molar-refractivity contribution is -0.132. The monoisotopic (exact) mass is 268 g/mol. The molecule has 1 unspecified atom stereocenters. The van der Waals surface area contributed by atoms with Crippen LogP contribution < -0.4 is 10.6 Å². The van der Waals surface area contributed by atoms with Crippen molar-refractivity contribution in [1.82, 2.24) is 10.6 Å². The van der Waals surface area contributed by atoms with Gasteiger partial charge in [-0.3, -0.25) is 9.59 Å². The number of rotatable bonds is 4.